The van der Waals surface area contributed by atoms with Crippen molar-refractivity contribution in [1.29, 1.82) is 0 Å². The Kier molecular flexibility index (Phi) is 9.80. The summed E-state index contributed by atoms with van der Waals surface area (Å²) in [6.45, 7) is 5.29. The molecular formula is C14H28N3O6P. The van der Waals surface area contributed by atoms with E-state index in [2.05, 4.69) is 10.6 Å². The third-order valence-electron chi connectivity index (χ3n) is 3.35. The normalized spacial score (nSPS) is 16.1. The van der Waals surface area contributed by atoms with E-state index >= 15 is 0 Å². The van der Waals surface area contributed by atoms with E-state index in [1.165, 1.54) is 0 Å². The molecule has 0 aliphatic rings. The predicted octanol–water partition coefficient (Wildman–Crippen LogP) is 0.0734. The number of rotatable bonds is 11. The molecule has 0 saturated heterocycles. The molecular weight excluding hydrogens is 337 g/mol. The van der Waals surface area contributed by atoms with Crippen LogP contribution in [0.5, 0.6) is 0 Å². The number of hydrogen-bond donors (Lipinski definition) is 5. The first-order chi connectivity index (χ1) is 11.0. The van der Waals surface area contributed by atoms with E-state index in [-0.39, 0.29) is 31.2 Å². The quantitative estimate of drug-likeness (QED) is 0.324. The number of amides is 2. The lowest BCUT2D eigenvalue weighted by molar-refractivity contribution is -0.139. The summed E-state index contributed by atoms with van der Waals surface area (Å²) in [6.07, 6.45) is -0.121. The van der Waals surface area contributed by atoms with Crippen molar-refractivity contribution in [2.45, 2.75) is 52.1 Å². The van der Waals surface area contributed by atoms with E-state index in [4.69, 9.17) is 10.8 Å². The summed E-state index contributed by atoms with van der Waals surface area (Å²) in [7, 11) is -3.40. The molecule has 3 atom stereocenters. The Morgan fingerprint density at radius 1 is 1.25 bits per heavy atom. The van der Waals surface area contributed by atoms with Crippen LogP contribution in [0.4, 0.5) is 0 Å². The predicted molar refractivity (Wildman–Crippen MR) is 89.6 cm³/mol. The lowest BCUT2D eigenvalue weighted by atomic mass is 10.0. The van der Waals surface area contributed by atoms with Crippen LogP contribution in [0, 0.1) is 5.92 Å². The first kappa shape index (κ1) is 22.6. The van der Waals surface area contributed by atoms with Crippen LogP contribution in [0.15, 0.2) is 0 Å². The Morgan fingerprint density at radius 2 is 1.83 bits per heavy atom. The van der Waals surface area contributed by atoms with Gasteiger partial charge in [-0.1, -0.05) is 20.8 Å². The maximum absolute atomic E-state index is 12.1. The highest BCUT2D eigenvalue weighted by atomic mass is 31.2. The largest absolute Gasteiger partial charge is 0.480 e. The highest BCUT2D eigenvalue weighted by molar-refractivity contribution is 7.57. The van der Waals surface area contributed by atoms with Crippen molar-refractivity contribution in [3.63, 3.8) is 0 Å². The number of carbonyl (C=O) groups is 3. The maximum Gasteiger partial charge on any atom is 0.320 e. The van der Waals surface area contributed by atoms with Crippen LogP contribution in [0.1, 0.15) is 40.0 Å². The fraction of sp³-hybridized carbons (Fsp3) is 0.786. The second kappa shape index (κ2) is 10.4. The van der Waals surface area contributed by atoms with E-state index in [0.29, 0.717) is 6.42 Å². The summed E-state index contributed by atoms with van der Waals surface area (Å²) in [5.41, 5.74) is 5.33. The number of aliphatic carboxylic acids is 1. The van der Waals surface area contributed by atoms with Gasteiger partial charge in [-0.3, -0.25) is 18.9 Å². The van der Waals surface area contributed by atoms with Gasteiger partial charge in [-0.25, -0.2) is 0 Å². The Balaban J connectivity index is 4.65. The molecule has 1 unspecified atom stereocenters. The summed E-state index contributed by atoms with van der Waals surface area (Å²) < 4.78 is 11.6. The van der Waals surface area contributed by atoms with Crippen LogP contribution in [0.3, 0.4) is 0 Å². The minimum atomic E-state index is -3.40. The zero-order valence-corrected chi connectivity index (χ0v) is 15.2. The topological polar surface area (TPSA) is 159 Å². The fourth-order valence-corrected chi connectivity index (χ4v) is 2.44. The van der Waals surface area contributed by atoms with Gasteiger partial charge in [0.15, 0.2) is 0 Å². The van der Waals surface area contributed by atoms with Gasteiger partial charge in [0.05, 0.1) is 6.29 Å². The molecule has 0 bridgehead atoms. The molecule has 0 aromatic rings. The third kappa shape index (κ3) is 9.64. The summed E-state index contributed by atoms with van der Waals surface area (Å²) >= 11 is 0. The average Bonchev–Trinajstić information content (AvgIpc) is 2.49. The van der Waals surface area contributed by atoms with Crippen LogP contribution in [-0.4, -0.2) is 52.3 Å². The molecule has 2 amide bonds. The second-order valence-electron chi connectivity index (χ2n) is 6.09. The molecule has 140 valence electrons. The van der Waals surface area contributed by atoms with Crippen LogP contribution >= 0.6 is 7.37 Å². The van der Waals surface area contributed by atoms with Crippen LogP contribution in [0.2, 0.25) is 0 Å². The summed E-state index contributed by atoms with van der Waals surface area (Å²) in [6, 6.07) is -1.99. The minimum Gasteiger partial charge on any atom is -0.480 e. The molecule has 10 heteroatoms. The maximum atomic E-state index is 12.1. The van der Waals surface area contributed by atoms with Crippen LogP contribution in [0.25, 0.3) is 0 Å². The first-order valence-corrected chi connectivity index (χ1v) is 9.87. The summed E-state index contributed by atoms with van der Waals surface area (Å²) in [4.78, 5) is 44.1. The van der Waals surface area contributed by atoms with Crippen molar-refractivity contribution in [2.75, 3.05) is 12.4 Å². The van der Waals surface area contributed by atoms with Gasteiger partial charge in [0, 0.05) is 12.6 Å². The first-order valence-electron chi connectivity index (χ1n) is 7.84. The number of hydrogen-bond acceptors (Lipinski definition) is 5. The average molecular weight is 365 g/mol. The highest BCUT2D eigenvalue weighted by Gasteiger charge is 2.25. The van der Waals surface area contributed by atoms with Gasteiger partial charge in [-0.2, -0.15) is 0 Å². The number of nitrogens with two attached hydrogens (primary N) is 1. The van der Waals surface area contributed by atoms with E-state index < -0.39 is 37.2 Å². The molecule has 0 aliphatic heterocycles. The molecule has 0 spiro atoms. The Labute approximate surface area is 141 Å². The minimum absolute atomic E-state index is 0.0428. The van der Waals surface area contributed by atoms with Crippen LogP contribution < -0.4 is 16.4 Å². The van der Waals surface area contributed by atoms with Gasteiger partial charge in [-0.15, -0.1) is 0 Å². The molecule has 0 aromatic carbocycles. The van der Waals surface area contributed by atoms with E-state index in [9.17, 15) is 23.8 Å². The van der Waals surface area contributed by atoms with Crippen molar-refractivity contribution < 1.29 is 28.9 Å². The number of carbonyl (C=O) groups excluding carboxylic acids is 2. The zero-order valence-electron chi connectivity index (χ0n) is 14.3. The summed E-state index contributed by atoms with van der Waals surface area (Å²) in [5, 5.41) is 13.6. The van der Waals surface area contributed by atoms with Crippen molar-refractivity contribution >= 4 is 25.2 Å². The Bertz CT molecular complexity index is 497. The standard InChI is InChI=1S/C14H28N3O6P/c1-4-24(22,23)8-16-13(19)11(7-9(2)3)17-12(18)6-5-10(15)14(20)21/h9-11H,4-8,15H2,1-3H3,(H,16,19)(H,17,18)(H,20,21)(H,22,23)/t10-,11-/m0/s1. The molecule has 24 heavy (non-hydrogen) atoms. The van der Waals surface area contributed by atoms with Gasteiger partial charge in [-0.05, 0) is 18.8 Å². The number of nitrogens with one attached hydrogen (secondary N) is 2. The number of carboxylic acids is 1. The third-order valence-corrected chi connectivity index (χ3v) is 4.99. The number of carboxylic acid groups (broad SMARTS) is 1. The van der Waals surface area contributed by atoms with Crippen molar-refractivity contribution in [2.24, 2.45) is 11.7 Å². The molecule has 0 saturated carbocycles. The molecule has 0 radical (unpaired) electrons. The van der Waals surface area contributed by atoms with E-state index in [1.54, 1.807) is 6.92 Å². The van der Waals surface area contributed by atoms with E-state index in [0.717, 1.165) is 0 Å². The molecule has 0 heterocycles. The van der Waals surface area contributed by atoms with E-state index in [1.807, 2.05) is 13.8 Å². The fourth-order valence-electron chi connectivity index (χ4n) is 1.82. The summed E-state index contributed by atoms with van der Waals surface area (Å²) in [5.74, 6) is -2.12. The molecule has 6 N–H and O–H groups in total. The monoisotopic (exact) mass is 365 g/mol. The van der Waals surface area contributed by atoms with Crippen molar-refractivity contribution in [3.8, 4) is 0 Å². The van der Waals surface area contributed by atoms with Crippen molar-refractivity contribution in [3.05, 3.63) is 0 Å². The van der Waals surface area contributed by atoms with Gasteiger partial charge >= 0.3 is 5.97 Å². The SMILES string of the molecule is CCP(=O)(O)CNC(=O)[C@H](CC(C)C)NC(=O)CC[C@H](N)C(=O)O. The molecule has 0 rings (SSSR count). The van der Waals surface area contributed by atoms with Crippen molar-refractivity contribution in [1.82, 2.24) is 10.6 Å². The van der Waals surface area contributed by atoms with Gasteiger partial charge in [0.1, 0.15) is 12.1 Å². The van der Waals surface area contributed by atoms with Gasteiger partial charge in [0.2, 0.25) is 19.2 Å². The molecule has 9 nitrogen and oxygen atoms in total. The second-order valence-corrected chi connectivity index (χ2v) is 8.74. The zero-order chi connectivity index (χ0) is 18.9. The lowest BCUT2D eigenvalue weighted by Gasteiger charge is -2.21. The van der Waals surface area contributed by atoms with Crippen LogP contribution in [-0.2, 0) is 18.9 Å². The Hall–Kier alpha value is -1.44. The lowest BCUT2D eigenvalue weighted by Crippen LogP contribution is -2.48. The molecule has 0 aromatic heterocycles. The molecule has 0 fully saturated rings. The highest BCUT2D eigenvalue weighted by Crippen LogP contribution is 2.37. The Morgan fingerprint density at radius 3 is 2.29 bits per heavy atom. The van der Waals surface area contributed by atoms with Gasteiger partial charge in [0.25, 0.3) is 0 Å². The van der Waals surface area contributed by atoms with Gasteiger partial charge < -0.3 is 26.4 Å². The smallest absolute Gasteiger partial charge is 0.320 e. The molecule has 0 aliphatic carbocycles.